The zero-order chi connectivity index (χ0) is 25.7. The number of rotatable bonds is 2. The molecule has 11 heteroatoms. The van der Waals surface area contributed by atoms with Gasteiger partial charge < -0.3 is 10.0 Å². The molecular formula is C24H17ClF6N2O2. The molecule has 0 spiro atoms. The fourth-order valence-corrected chi connectivity index (χ4v) is 4.07. The van der Waals surface area contributed by atoms with Gasteiger partial charge in [-0.25, -0.2) is 0 Å². The van der Waals surface area contributed by atoms with Gasteiger partial charge >= 0.3 is 12.4 Å². The van der Waals surface area contributed by atoms with Crippen LogP contribution in [0.5, 0.6) is 5.75 Å². The van der Waals surface area contributed by atoms with Gasteiger partial charge in [0.05, 0.1) is 34.1 Å². The second-order valence-corrected chi connectivity index (χ2v) is 8.54. The van der Waals surface area contributed by atoms with Gasteiger partial charge in [0.15, 0.2) is 0 Å². The maximum Gasteiger partial charge on any atom is 0.416 e. The number of benzene rings is 3. The highest BCUT2D eigenvalue weighted by atomic mass is 35.5. The van der Waals surface area contributed by atoms with E-state index in [2.05, 4.69) is 0 Å². The predicted molar refractivity (Wildman–Crippen MR) is 119 cm³/mol. The van der Waals surface area contributed by atoms with Crippen molar-refractivity contribution in [2.45, 2.75) is 19.3 Å². The Hall–Kier alpha value is -3.40. The summed E-state index contributed by atoms with van der Waals surface area (Å²) < 4.78 is 81.0. The number of nitrogens with zero attached hydrogens (tertiary/aromatic N) is 2. The van der Waals surface area contributed by atoms with E-state index in [1.165, 1.54) is 37.3 Å². The van der Waals surface area contributed by atoms with Crippen LogP contribution in [0.2, 0.25) is 5.02 Å². The summed E-state index contributed by atoms with van der Waals surface area (Å²) in [5.74, 6) is -1.54. The van der Waals surface area contributed by atoms with Gasteiger partial charge in [0.2, 0.25) is 5.91 Å². The standard InChI is InChI=1S/C24H17ClF6N2O2/c1-13-12-32(17-3-5-19(34)6-4-17)21-11-16(25)2-7-20(21)33(22(13)35)18-9-14(23(26,27)28)8-15(10-18)24(29,30)31/h2-11,13,34H,12H2,1H3. The van der Waals surface area contributed by atoms with E-state index < -0.39 is 41.0 Å². The van der Waals surface area contributed by atoms with Crippen LogP contribution < -0.4 is 9.80 Å². The predicted octanol–water partition coefficient (Wildman–Crippen LogP) is 7.54. The quantitative estimate of drug-likeness (QED) is 0.359. The van der Waals surface area contributed by atoms with Crippen LogP contribution in [0.3, 0.4) is 0 Å². The summed E-state index contributed by atoms with van der Waals surface area (Å²) in [5.41, 5.74) is -2.74. The first-order valence-corrected chi connectivity index (χ1v) is 10.6. The molecule has 184 valence electrons. The number of fused-ring (bicyclic) bond motifs is 1. The highest BCUT2D eigenvalue weighted by Gasteiger charge is 2.40. The second kappa shape index (κ2) is 8.67. The van der Waals surface area contributed by atoms with E-state index in [-0.39, 0.29) is 29.1 Å². The van der Waals surface area contributed by atoms with Crippen LogP contribution in [0, 0.1) is 5.92 Å². The molecule has 1 heterocycles. The number of halogens is 7. The molecule has 1 N–H and O–H groups in total. The molecule has 1 amide bonds. The first-order chi connectivity index (χ1) is 16.3. The molecular weight excluding hydrogens is 498 g/mol. The monoisotopic (exact) mass is 514 g/mol. The molecule has 1 aliphatic heterocycles. The molecule has 0 aromatic heterocycles. The number of amides is 1. The third-order valence-electron chi connectivity index (χ3n) is 5.56. The van der Waals surface area contributed by atoms with Gasteiger partial charge in [0, 0.05) is 17.3 Å². The van der Waals surface area contributed by atoms with Crippen molar-refractivity contribution in [2.24, 2.45) is 5.92 Å². The first kappa shape index (κ1) is 24.7. The Bertz CT molecular complexity index is 1240. The minimum absolute atomic E-state index is 0.00992. The van der Waals surface area contributed by atoms with Gasteiger partial charge in [-0.1, -0.05) is 18.5 Å². The van der Waals surface area contributed by atoms with Crippen LogP contribution in [-0.4, -0.2) is 17.6 Å². The number of phenols is 1. The summed E-state index contributed by atoms with van der Waals surface area (Å²) in [4.78, 5) is 15.9. The van der Waals surface area contributed by atoms with Gasteiger partial charge in [-0.15, -0.1) is 0 Å². The Kier molecular flexibility index (Phi) is 6.12. The number of hydrogen-bond donors (Lipinski definition) is 1. The number of alkyl halides is 6. The zero-order valence-electron chi connectivity index (χ0n) is 18.0. The highest BCUT2D eigenvalue weighted by Crippen LogP contribution is 2.46. The van der Waals surface area contributed by atoms with Gasteiger partial charge in [-0.2, -0.15) is 26.3 Å². The van der Waals surface area contributed by atoms with Crippen molar-refractivity contribution in [3.63, 3.8) is 0 Å². The van der Waals surface area contributed by atoms with Crippen LogP contribution in [0.1, 0.15) is 18.1 Å². The Morgan fingerprint density at radius 2 is 1.40 bits per heavy atom. The summed E-state index contributed by atoms with van der Waals surface area (Å²) in [5, 5.41) is 9.88. The molecule has 4 nitrogen and oxygen atoms in total. The Morgan fingerprint density at radius 1 is 0.829 bits per heavy atom. The lowest BCUT2D eigenvalue weighted by molar-refractivity contribution is -0.143. The molecule has 0 saturated heterocycles. The fraction of sp³-hybridized carbons (Fsp3) is 0.208. The van der Waals surface area contributed by atoms with Crippen molar-refractivity contribution in [2.75, 3.05) is 16.3 Å². The van der Waals surface area contributed by atoms with Crippen molar-refractivity contribution in [1.82, 2.24) is 0 Å². The van der Waals surface area contributed by atoms with Crippen LogP contribution in [0.25, 0.3) is 0 Å². The normalized spacial score (nSPS) is 16.8. The Labute approximate surface area is 201 Å². The van der Waals surface area contributed by atoms with Gasteiger partial charge in [-0.3, -0.25) is 9.69 Å². The zero-order valence-corrected chi connectivity index (χ0v) is 18.7. The number of carbonyl (C=O) groups is 1. The Balaban J connectivity index is 1.97. The van der Waals surface area contributed by atoms with E-state index >= 15 is 0 Å². The van der Waals surface area contributed by atoms with E-state index in [0.717, 1.165) is 4.90 Å². The first-order valence-electron chi connectivity index (χ1n) is 10.3. The minimum Gasteiger partial charge on any atom is -0.508 e. The number of anilines is 4. The summed E-state index contributed by atoms with van der Waals surface area (Å²) in [6.07, 6.45) is -10.1. The van der Waals surface area contributed by atoms with Crippen molar-refractivity contribution < 1.29 is 36.2 Å². The third-order valence-corrected chi connectivity index (χ3v) is 5.79. The van der Waals surface area contributed by atoms with E-state index in [9.17, 15) is 36.2 Å². The van der Waals surface area contributed by atoms with Crippen molar-refractivity contribution in [3.05, 3.63) is 76.8 Å². The number of carbonyl (C=O) groups excluding carboxylic acids is 1. The van der Waals surface area contributed by atoms with Gasteiger partial charge in [0.1, 0.15) is 5.75 Å². The fourth-order valence-electron chi connectivity index (χ4n) is 3.90. The highest BCUT2D eigenvalue weighted by molar-refractivity contribution is 6.31. The minimum atomic E-state index is -5.07. The van der Waals surface area contributed by atoms with Crippen molar-refractivity contribution in [3.8, 4) is 5.75 Å². The van der Waals surface area contributed by atoms with Crippen LogP contribution in [-0.2, 0) is 17.1 Å². The third kappa shape index (κ3) is 4.88. The molecule has 0 radical (unpaired) electrons. The topological polar surface area (TPSA) is 43.8 Å². The van der Waals surface area contributed by atoms with Crippen molar-refractivity contribution >= 4 is 40.3 Å². The average Bonchev–Trinajstić information content (AvgIpc) is 2.87. The van der Waals surface area contributed by atoms with Crippen molar-refractivity contribution in [1.29, 1.82) is 0 Å². The number of phenolic OH excluding ortho intramolecular Hbond substituents is 1. The molecule has 1 unspecified atom stereocenters. The number of aromatic hydroxyl groups is 1. The lowest BCUT2D eigenvalue weighted by Crippen LogP contribution is -2.33. The van der Waals surface area contributed by atoms with Gasteiger partial charge in [0.25, 0.3) is 0 Å². The lowest BCUT2D eigenvalue weighted by Gasteiger charge is -2.28. The largest absolute Gasteiger partial charge is 0.508 e. The van der Waals surface area contributed by atoms with E-state index in [0.29, 0.717) is 23.5 Å². The van der Waals surface area contributed by atoms with Gasteiger partial charge in [-0.05, 0) is 60.7 Å². The smallest absolute Gasteiger partial charge is 0.416 e. The van der Waals surface area contributed by atoms with E-state index in [4.69, 9.17) is 11.6 Å². The maximum atomic E-state index is 13.5. The van der Waals surface area contributed by atoms with Crippen LogP contribution >= 0.6 is 11.6 Å². The average molecular weight is 515 g/mol. The Morgan fingerprint density at radius 3 is 1.94 bits per heavy atom. The molecule has 3 aromatic carbocycles. The molecule has 1 atom stereocenters. The summed E-state index contributed by atoms with van der Waals surface area (Å²) in [7, 11) is 0. The van der Waals surface area contributed by atoms with E-state index in [1.54, 1.807) is 17.0 Å². The molecule has 35 heavy (non-hydrogen) atoms. The molecule has 0 aliphatic carbocycles. The molecule has 0 saturated carbocycles. The summed E-state index contributed by atoms with van der Waals surface area (Å²) in [6.45, 7) is 1.58. The lowest BCUT2D eigenvalue weighted by atomic mass is 10.1. The van der Waals surface area contributed by atoms with Crippen LogP contribution in [0.15, 0.2) is 60.7 Å². The molecule has 1 aliphatic rings. The maximum absolute atomic E-state index is 13.5. The van der Waals surface area contributed by atoms with E-state index in [1.807, 2.05) is 0 Å². The summed E-state index contributed by atoms with van der Waals surface area (Å²) >= 11 is 6.18. The molecule has 4 rings (SSSR count). The second-order valence-electron chi connectivity index (χ2n) is 8.10. The molecule has 0 fully saturated rings. The SMILES string of the molecule is CC1CN(c2ccc(O)cc2)c2cc(Cl)ccc2N(c2cc(C(F)(F)F)cc(C(F)(F)F)c2)C1=O. The molecule has 3 aromatic rings. The number of hydrogen-bond acceptors (Lipinski definition) is 3. The molecule has 0 bridgehead atoms. The summed E-state index contributed by atoms with van der Waals surface area (Å²) in [6, 6.07) is 11.3. The van der Waals surface area contributed by atoms with Crippen LogP contribution in [0.4, 0.5) is 49.1 Å².